The van der Waals surface area contributed by atoms with Gasteiger partial charge in [0.25, 0.3) is 0 Å². The Balaban J connectivity index is 1.38. The predicted octanol–water partition coefficient (Wildman–Crippen LogP) is 2.92. The number of carbonyl (C=O) groups is 1. The molecule has 1 aliphatic carbocycles. The summed E-state index contributed by atoms with van der Waals surface area (Å²) in [6.45, 7) is 2.71. The van der Waals surface area contributed by atoms with Crippen LogP contribution in [-0.2, 0) is 9.53 Å². The molecule has 0 radical (unpaired) electrons. The molecule has 6 rings (SSSR count). The van der Waals surface area contributed by atoms with Gasteiger partial charge in [-0.25, -0.2) is 19.9 Å². The normalized spacial score (nSPS) is 15.8. The van der Waals surface area contributed by atoms with Gasteiger partial charge >= 0.3 is 0 Å². The van der Waals surface area contributed by atoms with E-state index in [0.717, 1.165) is 59.6 Å². The van der Waals surface area contributed by atoms with Crippen molar-refractivity contribution in [3.05, 3.63) is 48.9 Å². The Bertz CT molecular complexity index is 1380. The first kappa shape index (κ1) is 21.4. The number of nitrogens with two attached hydrogens (primary N) is 1. The lowest BCUT2D eigenvalue weighted by molar-refractivity contribution is -0.117. The average molecular weight is 469 g/mol. The number of hydrogen-bond acceptors (Lipinski definition) is 9. The monoisotopic (exact) mass is 468 g/mol. The first-order valence-corrected chi connectivity index (χ1v) is 11.6. The van der Waals surface area contributed by atoms with E-state index in [0.29, 0.717) is 24.6 Å². The summed E-state index contributed by atoms with van der Waals surface area (Å²) in [6, 6.07) is 9.79. The molecule has 176 valence electrons. The molecule has 1 aliphatic heterocycles. The van der Waals surface area contributed by atoms with Gasteiger partial charge in [-0.15, -0.1) is 0 Å². The average Bonchev–Trinajstić information content (AvgIpc) is 3.75. The van der Waals surface area contributed by atoms with Gasteiger partial charge in [0.1, 0.15) is 5.52 Å². The molecule has 1 saturated carbocycles. The summed E-state index contributed by atoms with van der Waals surface area (Å²) in [6.07, 6.45) is 7.04. The van der Waals surface area contributed by atoms with Crippen molar-refractivity contribution in [1.29, 1.82) is 0 Å². The molecular formula is C25H24N8O2. The highest BCUT2D eigenvalue weighted by atomic mass is 16.5. The largest absolute Gasteiger partial charge is 0.378 e. The zero-order valence-corrected chi connectivity index (χ0v) is 19.0. The van der Waals surface area contributed by atoms with Crippen LogP contribution in [-0.4, -0.2) is 57.1 Å². The number of amides is 1. The van der Waals surface area contributed by atoms with Crippen LogP contribution in [0.1, 0.15) is 12.8 Å². The zero-order valence-electron chi connectivity index (χ0n) is 19.0. The Morgan fingerprint density at radius 1 is 0.943 bits per heavy atom. The maximum atomic E-state index is 12.0. The number of nitrogen functional groups attached to an aromatic ring is 1. The van der Waals surface area contributed by atoms with E-state index in [1.54, 1.807) is 12.4 Å². The fourth-order valence-electron chi connectivity index (χ4n) is 4.07. The summed E-state index contributed by atoms with van der Waals surface area (Å²) in [4.78, 5) is 36.8. The van der Waals surface area contributed by atoms with Crippen LogP contribution >= 0.6 is 0 Å². The number of ether oxygens (including phenoxy) is 1. The Morgan fingerprint density at radius 3 is 2.37 bits per heavy atom. The minimum atomic E-state index is 0.0941. The van der Waals surface area contributed by atoms with E-state index in [9.17, 15) is 4.79 Å². The van der Waals surface area contributed by atoms with Gasteiger partial charge < -0.3 is 20.7 Å². The molecule has 1 saturated heterocycles. The highest BCUT2D eigenvalue weighted by molar-refractivity contribution is 5.94. The molecule has 2 fully saturated rings. The summed E-state index contributed by atoms with van der Waals surface area (Å²) in [5.41, 5.74) is 10.5. The number of fused-ring (bicyclic) bond motifs is 1. The van der Waals surface area contributed by atoms with Crippen LogP contribution in [0.5, 0.6) is 0 Å². The van der Waals surface area contributed by atoms with Crippen molar-refractivity contribution in [3.8, 4) is 22.5 Å². The van der Waals surface area contributed by atoms with Crippen LogP contribution in [0, 0.1) is 5.92 Å². The van der Waals surface area contributed by atoms with Gasteiger partial charge in [-0.2, -0.15) is 0 Å². The van der Waals surface area contributed by atoms with Crippen molar-refractivity contribution in [2.75, 3.05) is 42.3 Å². The highest BCUT2D eigenvalue weighted by Crippen LogP contribution is 2.32. The molecular weight excluding hydrogens is 444 g/mol. The van der Waals surface area contributed by atoms with Crippen molar-refractivity contribution in [2.45, 2.75) is 12.8 Å². The molecule has 0 atom stereocenters. The Morgan fingerprint density at radius 2 is 1.66 bits per heavy atom. The maximum absolute atomic E-state index is 12.0. The number of hydrogen-bond donors (Lipinski definition) is 2. The number of anilines is 3. The number of pyridine rings is 1. The third-order valence-corrected chi connectivity index (χ3v) is 6.19. The lowest BCUT2D eigenvalue weighted by Crippen LogP contribution is -2.37. The molecule has 2 aliphatic rings. The minimum absolute atomic E-state index is 0.0941. The second kappa shape index (κ2) is 8.88. The molecule has 3 N–H and O–H groups in total. The number of nitrogens with zero attached hydrogens (tertiary/aromatic N) is 6. The van der Waals surface area contributed by atoms with Gasteiger partial charge in [0.05, 0.1) is 24.3 Å². The van der Waals surface area contributed by atoms with Crippen molar-refractivity contribution in [2.24, 2.45) is 5.92 Å². The first-order valence-electron chi connectivity index (χ1n) is 11.6. The minimum Gasteiger partial charge on any atom is -0.378 e. The molecule has 0 bridgehead atoms. The van der Waals surface area contributed by atoms with Gasteiger partial charge in [0.15, 0.2) is 11.6 Å². The molecule has 0 spiro atoms. The van der Waals surface area contributed by atoms with Crippen molar-refractivity contribution < 1.29 is 9.53 Å². The maximum Gasteiger partial charge on any atom is 0.227 e. The van der Waals surface area contributed by atoms with E-state index in [4.69, 9.17) is 25.4 Å². The summed E-state index contributed by atoms with van der Waals surface area (Å²) in [5.74, 6) is 1.73. The number of rotatable bonds is 5. The van der Waals surface area contributed by atoms with Crippen LogP contribution in [0.15, 0.2) is 48.9 Å². The molecule has 3 aromatic heterocycles. The number of carbonyl (C=O) groups excluding carboxylic acids is 1. The number of aromatic nitrogens is 5. The summed E-state index contributed by atoms with van der Waals surface area (Å²) < 4.78 is 5.52. The Labute approximate surface area is 201 Å². The lowest BCUT2D eigenvalue weighted by atomic mass is 10.1. The second-order valence-electron chi connectivity index (χ2n) is 8.73. The zero-order chi connectivity index (χ0) is 23.8. The molecule has 10 heteroatoms. The molecule has 0 unspecified atom stereocenters. The van der Waals surface area contributed by atoms with Crippen LogP contribution in [0.3, 0.4) is 0 Å². The number of benzene rings is 1. The van der Waals surface area contributed by atoms with Crippen LogP contribution in [0.2, 0.25) is 0 Å². The topological polar surface area (TPSA) is 132 Å². The fourth-order valence-corrected chi connectivity index (χ4v) is 4.07. The van der Waals surface area contributed by atoms with E-state index in [2.05, 4.69) is 20.2 Å². The first-order chi connectivity index (χ1) is 17.1. The molecule has 4 heterocycles. The molecule has 10 nitrogen and oxygen atoms in total. The highest BCUT2D eigenvalue weighted by Gasteiger charge is 2.29. The van der Waals surface area contributed by atoms with Gasteiger partial charge in [-0.05, 0) is 36.6 Å². The quantitative estimate of drug-likeness (QED) is 0.454. The predicted molar refractivity (Wildman–Crippen MR) is 133 cm³/mol. The van der Waals surface area contributed by atoms with Gasteiger partial charge in [-0.1, -0.05) is 12.1 Å². The SMILES string of the molecule is Nc1ncc(-c2nc(N3CCOCC3)c3ncc(-c4ccc(NC(=O)C5CC5)cc4)cc3n2)cn1. The van der Waals surface area contributed by atoms with Crippen molar-refractivity contribution >= 4 is 34.4 Å². The van der Waals surface area contributed by atoms with Gasteiger partial charge in [0.2, 0.25) is 11.9 Å². The van der Waals surface area contributed by atoms with Gasteiger partial charge in [-0.3, -0.25) is 9.78 Å². The molecule has 35 heavy (non-hydrogen) atoms. The summed E-state index contributed by atoms with van der Waals surface area (Å²) >= 11 is 0. The lowest BCUT2D eigenvalue weighted by Gasteiger charge is -2.28. The van der Waals surface area contributed by atoms with Crippen LogP contribution < -0.4 is 16.0 Å². The second-order valence-corrected chi connectivity index (χ2v) is 8.73. The van der Waals surface area contributed by atoms with Gasteiger partial charge in [0, 0.05) is 48.8 Å². The van der Waals surface area contributed by atoms with E-state index < -0.39 is 0 Å². The standard InChI is InChI=1S/C25H24N8O2/c26-25-28-13-18(14-29-25)22-31-20-11-17(12-27-21(20)23(32-22)33-7-9-35-10-8-33)15-3-5-19(6-4-15)30-24(34)16-1-2-16/h3-6,11-14,16H,1-2,7-10H2,(H,30,34)(H2,26,28,29). The Hall–Kier alpha value is -4.18. The smallest absolute Gasteiger partial charge is 0.227 e. The van der Waals surface area contributed by atoms with Crippen molar-refractivity contribution in [3.63, 3.8) is 0 Å². The van der Waals surface area contributed by atoms with Crippen LogP contribution in [0.4, 0.5) is 17.5 Å². The van der Waals surface area contributed by atoms with E-state index in [1.807, 2.05) is 36.5 Å². The summed E-state index contributed by atoms with van der Waals surface area (Å²) in [7, 11) is 0. The fraction of sp³-hybridized carbons (Fsp3) is 0.280. The Kier molecular flexibility index (Phi) is 5.42. The summed E-state index contributed by atoms with van der Waals surface area (Å²) in [5, 5.41) is 2.97. The van der Waals surface area contributed by atoms with E-state index >= 15 is 0 Å². The number of nitrogens with one attached hydrogen (secondary N) is 1. The third kappa shape index (κ3) is 4.47. The van der Waals surface area contributed by atoms with Crippen LogP contribution in [0.25, 0.3) is 33.5 Å². The molecule has 1 amide bonds. The molecule has 4 aromatic rings. The van der Waals surface area contributed by atoms with E-state index in [-0.39, 0.29) is 17.8 Å². The number of morpholine rings is 1. The van der Waals surface area contributed by atoms with Crippen molar-refractivity contribution in [1.82, 2.24) is 24.9 Å². The molecule has 1 aromatic carbocycles. The van der Waals surface area contributed by atoms with E-state index in [1.165, 1.54) is 0 Å². The third-order valence-electron chi connectivity index (χ3n) is 6.19.